The van der Waals surface area contributed by atoms with Crippen LogP contribution in [0.5, 0.6) is 0 Å². The molecule has 0 bridgehead atoms. The highest BCUT2D eigenvalue weighted by atomic mass is 16.4. The van der Waals surface area contributed by atoms with Gasteiger partial charge in [-0.2, -0.15) is 0 Å². The predicted octanol–water partition coefficient (Wildman–Crippen LogP) is 1.01. The molecule has 4 heteroatoms. The second kappa shape index (κ2) is 3.59. The summed E-state index contributed by atoms with van der Waals surface area (Å²) in [5.41, 5.74) is -0.233. The largest absolute Gasteiger partial charge is 0.481 e. The zero-order chi connectivity index (χ0) is 10.9. The van der Waals surface area contributed by atoms with E-state index < -0.39 is 11.9 Å². The quantitative estimate of drug-likeness (QED) is 0.710. The average molecular weight is 199 g/mol. The lowest BCUT2D eigenvalue weighted by Crippen LogP contribution is -2.44. The van der Waals surface area contributed by atoms with Crippen LogP contribution in [0.15, 0.2) is 0 Å². The maximum absolute atomic E-state index is 11.5. The van der Waals surface area contributed by atoms with Gasteiger partial charge in [0.05, 0.1) is 11.8 Å². The standard InChI is InChI=1S/C10H17NO3/c1-4-10(2,3)11-8(12)6-5-7(6)9(13)14/h6-7H,4-5H2,1-3H3,(H,11,12)(H,13,14)/t6-,7+/m1/s1. The molecule has 1 aliphatic rings. The fourth-order valence-corrected chi connectivity index (χ4v) is 1.27. The number of hydrogen-bond donors (Lipinski definition) is 2. The van der Waals surface area contributed by atoms with Gasteiger partial charge in [0.2, 0.25) is 5.91 Å². The molecule has 1 amide bonds. The number of carbonyl (C=O) groups excluding carboxylic acids is 1. The maximum Gasteiger partial charge on any atom is 0.307 e. The first-order valence-electron chi connectivity index (χ1n) is 4.92. The minimum absolute atomic E-state index is 0.121. The smallest absolute Gasteiger partial charge is 0.307 e. The van der Waals surface area contributed by atoms with Gasteiger partial charge in [-0.3, -0.25) is 9.59 Å². The molecule has 80 valence electrons. The van der Waals surface area contributed by atoms with E-state index in [1.165, 1.54) is 0 Å². The van der Waals surface area contributed by atoms with E-state index in [4.69, 9.17) is 5.11 Å². The van der Waals surface area contributed by atoms with Crippen LogP contribution in [0.4, 0.5) is 0 Å². The molecule has 0 unspecified atom stereocenters. The predicted molar refractivity (Wildman–Crippen MR) is 51.7 cm³/mol. The highest BCUT2D eigenvalue weighted by Crippen LogP contribution is 2.39. The molecule has 0 spiro atoms. The van der Waals surface area contributed by atoms with E-state index in [2.05, 4.69) is 5.32 Å². The van der Waals surface area contributed by atoms with Crippen LogP contribution < -0.4 is 5.32 Å². The van der Waals surface area contributed by atoms with Gasteiger partial charge < -0.3 is 10.4 Å². The first-order valence-corrected chi connectivity index (χ1v) is 4.92. The second-order valence-corrected chi connectivity index (χ2v) is 4.51. The Morgan fingerprint density at radius 1 is 1.43 bits per heavy atom. The van der Waals surface area contributed by atoms with Crippen LogP contribution in [0, 0.1) is 11.8 Å². The van der Waals surface area contributed by atoms with Crippen LogP contribution in [0.2, 0.25) is 0 Å². The van der Waals surface area contributed by atoms with Crippen LogP contribution in [-0.4, -0.2) is 22.5 Å². The summed E-state index contributed by atoms with van der Waals surface area (Å²) in [6.45, 7) is 5.86. The summed E-state index contributed by atoms with van der Waals surface area (Å²) in [4.78, 5) is 22.1. The number of amides is 1. The molecule has 0 radical (unpaired) electrons. The second-order valence-electron chi connectivity index (χ2n) is 4.51. The van der Waals surface area contributed by atoms with Gasteiger partial charge in [-0.15, -0.1) is 0 Å². The Bertz CT molecular complexity index is 260. The Kier molecular flexibility index (Phi) is 2.83. The summed E-state index contributed by atoms with van der Waals surface area (Å²) < 4.78 is 0. The highest BCUT2D eigenvalue weighted by Gasteiger charge is 2.48. The van der Waals surface area contributed by atoms with Crippen molar-refractivity contribution in [1.82, 2.24) is 5.32 Å². The van der Waals surface area contributed by atoms with Gasteiger partial charge in [-0.05, 0) is 26.7 Å². The van der Waals surface area contributed by atoms with E-state index in [0.29, 0.717) is 6.42 Å². The number of nitrogens with one attached hydrogen (secondary N) is 1. The number of hydrogen-bond acceptors (Lipinski definition) is 2. The highest BCUT2D eigenvalue weighted by molar-refractivity contribution is 5.89. The fourth-order valence-electron chi connectivity index (χ4n) is 1.27. The Hall–Kier alpha value is -1.06. The number of carboxylic acids is 1. The third-order valence-corrected chi connectivity index (χ3v) is 2.79. The van der Waals surface area contributed by atoms with E-state index in [1.807, 2.05) is 20.8 Å². The van der Waals surface area contributed by atoms with Crippen molar-refractivity contribution in [2.24, 2.45) is 11.8 Å². The first kappa shape index (κ1) is 11.0. The van der Waals surface area contributed by atoms with Crippen molar-refractivity contribution >= 4 is 11.9 Å². The molecule has 0 aromatic carbocycles. The Morgan fingerprint density at radius 2 is 2.00 bits per heavy atom. The van der Waals surface area contributed by atoms with Gasteiger partial charge in [0, 0.05) is 5.54 Å². The van der Waals surface area contributed by atoms with Crippen LogP contribution in [0.1, 0.15) is 33.6 Å². The Morgan fingerprint density at radius 3 is 2.36 bits per heavy atom. The van der Waals surface area contributed by atoms with Gasteiger partial charge in [0.25, 0.3) is 0 Å². The van der Waals surface area contributed by atoms with E-state index in [1.54, 1.807) is 0 Å². The molecule has 1 rings (SSSR count). The van der Waals surface area contributed by atoms with Gasteiger partial charge >= 0.3 is 5.97 Å². The van der Waals surface area contributed by atoms with Gasteiger partial charge in [0.15, 0.2) is 0 Å². The molecule has 0 aromatic heterocycles. The van der Waals surface area contributed by atoms with Crippen molar-refractivity contribution < 1.29 is 14.7 Å². The molecule has 0 saturated heterocycles. The third kappa shape index (κ3) is 2.47. The lowest BCUT2D eigenvalue weighted by Gasteiger charge is -2.24. The van der Waals surface area contributed by atoms with Crippen LogP contribution in [-0.2, 0) is 9.59 Å². The zero-order valence-electron chi connectivity index (χ0n) is 8.83. The lowest BCUT2D eigenvalue weighted by atomic mass is 10.0. The number of aliphatic carboxylic acids is 1. The molecular formula is C10H17NO3. The molecule has 1 fully saturated rings. The molecule has 1 saturated carbocycles. The topological polar surface area (TPSA) is 66.4 Å². The van der Waals surface area contributed by atoms with Gasteiger partial charge in [-0.1, -0.05) is 6.92 Å². The molecule has 2 atom stereocenters. The summed E-state index contributed by atoms with van der Waals surface area (Å²) in [5, 5.41) is 11.5. The molecule has 14 heavy (non-hydrogen) atoms. The summed E-state index contributed by atoms with van der Waals surface area (Å²) in [5.74, 6) is -1.75. The van der Waals surface area contributed by atoms with Gasteiger partial charge in [-0.25, -0.2) is 0 Å². The summed E-state index contributed by atoms with van der Waals surface area (Å²) in [7, 11) is 0. The average Bonchev–Trinajstić information content (AvgIpc) is 2.82. The van der Waals surface area contributed by atoms with E-state index in [-0.39, 0.29) is 17.4 Å². The van der Waals surface area contributed by atoms with E-state index >= 15 is 0 Å². The first-order chi connectivity index (χ1) is 6.37. The lowest BCUT2D eigenvalue weighted by molar-refractivity contribution is -0.140. The van der Waals surface area contributed by atoms with E-state index in [9.17, 15) is 9.59 Å². The Balaban J connectivity index is 2.42. The van der Waals surface area contributed by atoms with E-state index in [0.717, 1.165) is 6.42 Å². The van der Waals surface area contributed by atoms with Crippen LogP contribution in [0.25, 0.3) is 0 Å². The Labute approximate surface area is 83.7 Å². The third-order valence-electron chi connectivity index (χ3n) is 2.79. The minimum atomic E-state index is -0.862. The molecule has 4 nitrogen and oxygen atoms in total. The zero-order valence-corrected chi connectivity index (χ0v) is 8.83. The van der Waals surface area contributed by atoms with Crippen molar-refractivity contribution in [2.75, 3.05) is 0 Å². The molecule has 0 heterocycles. The minimum Gasteiger partial charge on any atom is -0.481 e. The SMILES string of the molecule is CCC(C)(C)NC(=O)[C@@H]1C[C@@H]1C(=O)O. The monoisotopic (exact) mass is 199 g/mol. The van der Waals surface area contributed by atoms with Crippen LogP contribution >= 0.6 is 0 Å². The molecule has 0 aromatic rings. The number of carbonyl (C=O) groups is 2. The molecular weight excluding hydrogens is 182 g/mol. The normalized spacial score (nSPS) is 25.6. The maximum atomic E-state index is 11.5. The van der Waals surface area contributed by atoms with Crippen molar-refractivity contribution in [2.45, 2.75) is 39.2 Å². The number of carboxylic acid groups (broad SMARTS) is 1. The van der Waals surface area contributed by atoms with Crippen molar-refractivity contribution in [3.63, 3.8) is 0 Å². The van der Waals surface area contributed by atoms with Crippen molar-refractivity contribution in [1.29, 1.82) is 0 Å². The summed E-state index contributed by atoms with van der Waals surface area (Å²) >= 11 is 0. The molecule has 1 aliphatic carbocycles. The van der Waals surface area contributed by atoms with Crippen molar-refractivity contribution in [3.05, 3.63) is 0 Å². The number of rotatable bonds is 4. The molecule has 2 N–H and O–H groups in total. The summed E-state index contributed by atoms with van der Waals surface area (Å²) in [6, 6.07) is 0. The fraction of sp³-hybridized carbons (Fsp3) is 0.800. The molecule has 0 aliphatic heterocycles. The summed E-state index contributed by atoms with van der Waals surface area (Å²) in [6.07, 6.45) is 1.32. The van der Waals surface area contributed by atoms with Crippen LogP contribution in [0.3, 0.4) is 0 Å². The van der Waals surface area contributed by atoms with Crippen molar-refractivity contribution in [3.8, 4) is 0 Å². The van der Waals surface area contributed by atoms with Gasteiger partial charge in [0.1, 0.15) is 0 Å².